The topological polar surface area (TPSA) is 53.0 Å². The van der Waals surface area contributed by atoms with Gasteiger partial charge >= 0.3 is 0 Å². The van der Waals surface area contributed by atoms with E-state index >= 15 is 0 Å². The Bertz CT molecular complexity index is 77.7. The first kappa shape index (κ1) is 11.9. The summed E-state index contributed by atoms with van der Waals surface area (Å²) in [4.78, 5) is 0. The molecule has 0 radical (unpaired) electrons. The molecule has 1 heterocycles. The molecule has 2 N–H and O–H groups in total. The van der Waals surface area contributed by atoms with E-state index < -0.39 is 0 Å². The third kappa shape index (κ3) is 4.70. The second-order valence-electron chi connectivity index (χ2n) is 3.14. The lowest BCUT2D eigenvalue weighted by atomic mass is 9.84. The van der Waals surface area contributed by atoms with Crippen molar-refractivity contribution in [3.05, 3.63) is 0 Å². The molecule has 1 saturated heterocycles. The van der Waals surface area contributed by atoms with Crippen LogP contribution in [0.15, 0.2) is 0 Å². The standard InChI is InChI=1S/C7H16O2.C2H4O/c1-3-7(4-2,5-8)6-9;1-2-3-1/h8-9H,3-6H2,1-2H3;1-2H2. The van der Waals surface area contributed by atoms with E-state index in [2.05, 4.69) is 4.74 Å². The van der Waals surface area contributed by atoms with Gasteiger partial charge in [-0.1, -0.05) is 13.8 Å². The Morgan fingerprint density at radius 2 is 1.42 bits per heavy atom. The van der Waals surface area contributed by atoms with Crippen LogP contribution in [0, 0.1) is 5.41 Å². The highest BCUT2D eigenvalue weighted by atomic mass is 16.6. The molecule has 0 spiro atoms. The Hall–Kier alpha value is -0.120. The number of aliphatic hydroxyl groups excluding tert-OH is 2. The highest BCUT2D eigenvalue weighted by Gasteiger charge is 2.23. The molecular weight excluding hydrogens is 156 g/mol. The second-order valence-corrected chi connectivity index (χ2v) is 3.14. The molecule has 1 aliphatic heterocycles. The Balaban J connectivity index is 0.000000330. The molecule has 3 nitrogen and oxygen atoms in total. The van der Waals surface area contributed by atoms with E-state index in [1.807, 2.05) is 13.8 Å². The second kappa shape index (κ2) is 6.40. The van der Waals surface area contributed by atoms with Gasteiger partial charge in [0.2, 0.25) is 0 Å². The van der Waals surface area contributed by atoms with Crippen LogP contribution in [-0.4, -0.2) is 36.6 Å². The summed E-state index contributed by atoms with van der Waals surface area (Å²) in [5.74, 6) is 0. The van der Waals surface area contributed by atoms with Gasteiger partial charge in [0.05, 0.1) is 26.4 Å². The molecule has 12 heavy (non-hydrogen) atoms. The molecule has 0 amide bonds. The largest absolute Gasteiger partial charge is 0.396 e. The van der Waals surface area contributed by atoms with Gasteiger partial charge in [0.1, 0.15) is 0 Å². The van der Waals surface area contributed by atoms with Crippen LogP contribution in [0.2, 0.25) is 0 Å². The van der Waals surface area contributed by atoms with Crippen LogP contribution >= 0.6 is 0 Å². The third-order valence-electron chi connectivity index (χ3n) is 2.37. The maximum Gasteiger partial charge on any atom is 0.0701 e. The molecule has 1 rings (SSSR count). The van der Waals surface area contributed by atoms with E-state index in [-0.39, 0.29) is 18.6 Å². The zero-order chi connectivity index (χ0) is 9.45. The summed E-state index contributed by atoms with van der Waals surface area (Å²) in [6.45, 7) is 6.15. The highest BCUT2D eigenvalue weighted by molar-refractivity contribution is 4.73. The fourth-order valence-corrected chi connectivity index (χ4v) is 0.747. The smallest absolute Gasteiger partial charge is 0.0701 e. The summed E-state index contributed by atoms with van der Waals surface area (Å²) in [5.41, 5.74) is -0.222. The quantitative estimate of drug-likeness (QED) is 0.623. The van der Waals surface area contributed by atoms with Crippen molar-refractivity contribution in [1.82, 2.24) is 0 Å². The van der Waals surface area contributed by atoms with Crippen LogP contribution in [-0.2, 0) is 4.74 Å². The fourth-order valence-electron chi connectivity index (χ4n) is 0.747. The Morgan fingerprint density at radius 3 is 1.42 bits per heavy atom. The number of epoxide rings is 1. The van der Waals surface area contributed by atoms with Gasteiger partial charge in [0.15, 0.2) is 0 Å². The lowest BCUT2D eigenvalue weighted by Crippen LogP contribution is -2.27. The van der Waals surface area contributed by atoms with Crippen LogP contribution in [0.1, 0.15) is 26.7 Å². The number of ether oxygens (including phenoxy) is 1. The predicted molar refractivity (Wildman–Crippen MR) is 48.0 cm³/mol. The van der Waals surface area contributed by atoms with E-state index in [0.29, 0.717) is 0 Å². The van der Waals surface area contributed by atoms with Gasteiger partial charge in [-0.15, -0.1) is 0 Å². The van der Waals surface area contributed by atoms with Crippen LogP contribution in [0.5, 0.6) is 0 Å². The first-order valence-corrected chi connectivity index (χ1v) is 4.54. The molecule has 0 aromatic carbocycles. The van der Waals surface area contributed by atoms with Gasteiger partial charge in [0, 0.05) is 5.41 Å². The average molecular weight is 176 g/mol. The molecular formula is C9H20O3. The summed E-state index contributed by atoms with van der Waals surface area (Å²) < 4.78 is 4.50. The Labute approximate surface area is 74.4 Å². The van der Waals surface area contributed by atoms with Crippen molar-refractivity contribution in [2.45, 2.75) is 26.7 Å². The third-order valence-corrected chi connectivity index (χ3v) is 2.37. The van der Waals surface area contributed by atoms with Crippen molar-refractivity contribution in [3.8, 4) is 0 Å². The minimum absolute atomic E-state index is 0.0938. The highest BCUT2D eigenvalue weighted by Crippen LogP contribution is 2.23. The molecule has 0 unspecified atom stereocenters. The molecule has 0 aliphatic carbocycles. The van der Waals surface area contributed by atoms with Crippen LogP contribution < -0.4 is 0 Å². The summed E-state index contributed by atoms with van der Waals surface area (Å²) in [6, 6.07) is 0. The first-order chi connectivity index (χ1) is 5.74. The summed E-state index contributed by atoms with van der Waals surface area (Å²) in [7, 11) is 0. The minimum Gasteiger partial charge on any atom is -0.396 e. The summed E-state index contributed by atoms with van der Waals surface area (Å²) >= 11 is 0. The number of aliphatic hydroxyl groups is 2. The summed E-state index contributed by atoms with van der Waals surface area (Å²) in [5, 5.41) is 17.6. The van der Waals surface area contributed by atoms with Crippen molar-refractivity contribution in [3.63, 3.8) is 0 Å². The van der Waals surface area contributed by atoms with Crippen LogP contribution in [0.25, 0.3) is 0 Å². The Kier molecular flexibility index (Phi) is 6.34. The van der Waals surface area contributed by atoms with Gasteiger partial charge in [-0.05, 0) is 12.8 Å². The van der Waals surface area contributed by atoms with Crippen molar-refractivity contribution in [1.29, 1.82) is 0 Å². The fraction of sp³-hybridized carbons (Fsp3) is 1.00. The zero-order valence-electron chi connectivity index (χ0n) is 8.05. The predicted octanol–water partition coefficient (Wildman–Crippen LogP) is 0.794. The van der Waals surface area contributed by atoms with Gasteiger partial charge in [-0.3, -0.25) is 0 Å². The van der Waals surface area contributed by atoms with Gasteiger partial charge in [-0.25, -0.2) is 0 Å². The molecule has 0 saturated carbocycles. The monoisotopic (exact) mass is 176 g/mol. The maximum atomic E-state index is 8.82. The average Bonchev–Trinajstić information content (AvgIpc) is 2.96. The van der Waals surface area contributed by atoms with Gasteiger partial charge < -0.3 is 14.9 Å². The minimum atomic E-state index is -0.222. The number of hydrogen-bond acceptors (Lipinski definition) is 3. The van der Waals surface area contributed by atoms with E-state index in [9.17, 15) is 0 Å². The SMILES string of the molecule is C1CO1.CCC(CC)(CO)CO. The van der Waals surface area contributed by atoms with Crippen molar-refractivity contribution in [2.75, 3.05) is 26.4 Å². The van der Waals surface area contributed by atoms with Crippen molar-refractivity contribution < 1.29 is 14.9 Å². The number of rotatable bonds is 4. The Morgan fingerprint density at radius 1 is 1.08 bits per heavy atom. The van der Waals surface area contributed by atoms with Crippen LogP contribution in [0.4, 0.5) is 0 Å². The molecule has 0 aromatic heterocycles. The van der Waals surface area contributed by atoms with E-state index in [1.54, 1.807) is 0 Å². The van der Waals surface area contributed by atoms with Crippen molar-refractivity contribution >= 4 is 0 Å². The first-order valence-electron chi connectivity index (χ1n) is 4.54. The number of hydrogen-bond donors (Lipinski definition) is 2. The van der Waals surface area contributed by atoms with E-state index in [4.69, 9.17) is 10.2 Å². The molecule has 0 bridgehead atoms. The molecule has 0 atom stereocenters. The van der Waals surface area contributed by atoms with Crippen LogP contribution in [0.3, 0.4) is 0 Å². The zero-order valence-corrected chi connectivity index (χ0v) is 8.05. The maximum absolute atomic E-state index is 8.82. The van der Waals surface area contributed by atoms with E-state index in [1.165, 1.54) is 0 Å². The normalized spacial score (nSPS) is 15.0. The molecule has 1 fully saturated rings. The van der Waals surface area contributed by atoms with Crippen molar-refractivity contribution in [2.24, 2.45) is 5.41 Å². The molecule has 0 aromatic rings. The van der Waals surface area contributed by atoms with E-state index in [0.717, 1.165) is 26.1 Å². The van der Waals surface area contributed by atoms with Gasteiger partial charge in [-0.2, -0.15) is 0 Å². The molecule has 3 heteroatoms. The summed E-state index contributed by atoms with van der Waals surface area (Å²) in [6.07, 6.45) is 1.69. The lowest BCUT2D eigenvalue weighted by molar-refractivity contribution is 0.0480. The molecule has 74 valence electrons. The molecule has 1 aliphatic rings. The lowest BCUT2D eigenvalue weighted by Gasteiger charge is -2.25. The van der Waals surface area contributed by atoms with Gasteiger partial charge in [0.25, 0.3) is 0 Å².